The molecule has 1 atom stereocenters. The zero-order chi connectivity index (χ0) is 20.9. The first kappa shape index (κ1) is 19.0. The van der Waals surface area contributed by atoms with Crippen molar-refractivity contribution < 1.29 is 13.5 Å². The first-order valence-corrected chi connectivity index (χ1v) is 11.5. The largest absolute Gasteiger partial charge is 0.392 e. The van der Waals surface area contributed by atoms with Gasteiger partial charge in [-0.1, -0.05) is 24.3 Å². The summed E-state index contributed by atoms with van der Waals surface area (Å²) in [6, 6.07) is 8.99. The van der Waals surface area contributed by atoms with Crippen LogP contribution in [0.5, 0.6) is 0 Å². The maximum atomic E-state index is 13.4. The van der Waals surface area contributed by atoms with E-state index in [0.29, 0.717) is 28.7 Å². The fourth-order valence-corrected chi connectivity index (χ4v) is 6.04. The molecule has 4 aromatic rings. The lowest BCUT2D eigenvalue weighted by Crippen LogP contribution is -2.29. The third-order valence-electron chi connectivity index (χ3n) is 5.80. The van der Waals surface area contributed by atoms with Gasteiger partial charge in [0.15, 0.2) is 9.84 Å². The van der Waals surface area contributed by atoms with Crippen molar-refractivity contribution >= 4 is 31.6 Å². The topological polar surface area (TPSA) is 107 Å². The molecule has 9 heteroatoms. The number of pyridine rings is 2. The van der Waals surface area contributed by atoms with Gasteiger partial charge in [0.1, 0.15) is 0 Å². The average molecular weight is 424 g/mol. The Labute approximate surface area is 172 Å². The maximum Gasteiger partial charge on any atom is 0.329 e. The summed E-state index contributed by atoms with van der Waals surface area (Å²) in [7, 11) is -3.14. The second kappa shape index (κ2) is 7.03. The molecule has 1 unspecified atom stereocenters. The number of hydrogen-bond acceptors (Lipinski definition) is 6. The van der Waals surface area contributed by atoms with E-state index in [1.807, 2.05) is 24.3 Å². The van der Waals surface area contributed by atoms with E-state index >= 15 is 0 Å². The zero-order valence-electron chi connectivity index (χ0n) is 16.1. The minimum Gasteiger partial charge on any atom is -0.392 e. The molecule has 1 aliphatic rings. The van der Waals surface area contributed by atoms with Gasteiger partial charge in [-0.25, -0.2) is 13.2 Å². The summed E-state index contributed by atoms with van der Waals surface area (Å²) in [5, 5.41) is 11.8. The molecule has 1 fully saturated rings. The Bertz CT molecular complexity index is 1440. The predicted octanol–water partition coefficient (Wildman–Crippen LogP) is 1.65. The van der Waals surface area contributed by atoms with Crippen molar-refractivity contribution in [3.63, 3.8) is 0 Å². The van der Waals surface area contributed by atoms with Crippen LogP contribution in [-0.4, -0.2) is 44.1 Å². The van der Waals surface area contributed by atoms with Crippen molar-refractivity contribution in [3.8, 4) is 0 Å². The quantitative estimate of drug-likeness (QED) is 0.534. The monoisotopic (exact) mass is 424 g/mol. The first-order chi connectivity index (χ1) is 14.5. The summed E-state index contributed by atoms with van der Waals surface area (Å²) in [5.41, 5.74) is 2.25. The molecule has 30 heavy (non-hydrogen) atoms. The van der Waals surface area contributed by atoms with Gasteiger partial charge in [0.25, 0.3) is 0 Å². The third kappa shape index (κ3) is 3.01. The molecule has 8 nitrogen and oxygen atoms in total. The second-order valence-electron chi connectivity index (χ2n) is 7.59. The maximum absolute atomic E-state index is 13.4. The standard InChI is InChI=1S/C21H20N4O4S/c26-12-17-16-4-2-1-3-14(16)9-23-18(17)11-24-20-10-22-7-5-19(20)25(21(24)27)15-6-8-30(28,29)13-15/h1-5,7,9-10,15,26H,6,8,11-13H2. The van der Waals surface area contributed by atoms with Crippen molar-refractivity contribution in [2.75, 3.05) is 11.5 Å². The third-order valence-corrected chi connectivity index (χ3v) is 7.55. The number of aromatic nitrogens is 4. The summed E-state index contributed by atoms with van der Waals surface area (Å²) in [5.74, 6) is 0.0488. The number of aliphatic hydroxyl groups excluding tert-OH is 1. The Morgan fingerprint density at radius 3 is 2.73 bits per heavy atom. The number of fused-ring (bicyclic) bond motifs is 2. The lowest BCUT2D eigenvalue weighted by atomic mass is 10.0. The van der Waals surface area contributed by atoms with Crippen molar-refractivity contribution in [1.82, 2.24) is 19.1 Å². The number of imidazole rings is 1. The Kier molecular flexibility index (Phi) is 4.44. The fraction of sp³-hybridized carbons (Fsp3) is 0.286. The molecule has 5 rings (SSSR count). The lowest BCUT2D eigenvalue weighted by molar-refractivity contribution is 0.281. The Morgan fingerprint density at radius 1 is 1.13 bits per heavy atom. The molecule has 154 valence electrons. The molecule has 4 heterocycles. The van der Waals surface area contributed by atoms with E-state index in [1.165, 1.54) is 0 Å². The van der Waals surface area contributed by atoms with Gasteiger partial charge in [0.2, 0.25) is 0 Å². The Hall–Kier alpha value is -3.04. The van der Waals surface area contributed by atoms with Crippen LogP contribution in [0.15, 0.2) is 53.7 Å². The highest BCUT2D eigenvalue weighted by atomic mass is 32.2. The minimum absolute atomic E-state index is 0.0372. The van der Waals surface area contributed by atoms with Gasteiger partial charge in [0.05, 0.1) is 53.6 Å². The summed E-state index contributed by atoms with van der Waals surface area (Å²) >= 11 is 0. The smallest absolute Gasteiger partial charge is 0.329 e. The summed E-state index contributed by atoms with van der Waals surface area (Å²) in [4.78, 5) is 22.0. The summed E-state index contributed by atoms with van der Waals surface area (Å²) < 4.78 is 27.1. The number of benzene rings is 1. The van der Waals surface area contributed by atoms with Crippen molar-refractivity contribution in [2.45, 2.75) is 25.6 Å². The molecule has 0 radical (unpaired) electrons. The normalized spacial score (nSPS) is 18.4. The molecule has 1 aliphatic heterocycles. The average Bonchev–Trinajstić information content (AvgIpc) is 3.24. The number of rotatable bonds is 4. The van der Waals surface area contributed by atoms with Gasteiger partial charge in [-0.15, -0.1) is 0 Å². The van der Waals surface area contributed by atoms with Gasteiger partial charge in [-0.3, -0.25) is 19.1 Å². The number of sulfone groups is 1. The molecule has 1 N–H and O–H groups in total. The SMILES string of the molecule is O=c1n(Cc2ncc3ccccc3c2CO)c2cnccc2n1C1CCS(=O)(=O)C1. The van der Waals surface area contributed by atoms with E-state index in [4.69, 9.17) is 0 Å². The van der Waals surface area contributed by atoms with Gasteiger partial charge in [-0.05, 0) is 17.9 Å². The molecule has 1 aromatic carbocycles. The van der Waals surface area contributed by atoms with Crippen LogP contribution in [-0.2, 0) is 23.0 Å². The van der Waals surface area contributed by atoms with Crippen LogP contribution in [0.4, 0.5) is 0 Å². The van der Waals surface area contributed by atoms with Crippen LogP contribution in [0.2, 0.25) is 0 Å². The van der Waals surface area contributed by atoms with Crippen molar-refractivity contribution in [1.29, 1.82) is 0 Å². The summed E-state index contributed by atoms with van der Waals surface area (Å²) in [6.45, 7) is -0.0373. The predicted molar refractivity (Wildman–Crippen MR) is 113 cm³/mol. The van der Waals surface area contributed by atoms with E-state index in [2.05, 4.69) is 9.97 Å². The molecule has 0 aliphatic carbocycles. The molecule has 0 amide bonds. The molecule has 0 spiro atoms. The Balaban J connectivity index is 1.67. The second-order valence-corrected chi connectivity index (χ2v) is 9.82. The van der Waals surface area contributed by atoms with Gasteiger partial charge in [0, 0.05) is 23.3 Å². The highest BCUT2D eigenvalue weighted by molar-refractivity contribution is 7.91. The van der Waals surface area contributed by atoms with Crippen molar-refractivity contribution in [2.24, 2.45) is 0 Å². The minimum atomic E-state index is -3.14. The first-order valence-electron chi connectivity index (χ1n) is 9.70. The molecule has 3 aromatic heterocycles. The Morgan fingerprint density at radius 2 is 1.97 bits per heavy atom. The van der Waals surface area contributed by atoms with Gasteiger partial charge < -0.3 is 5.11 Å². The van der Waals surface area contributed by atoms with E-state index in [-0.39, 0.29) is 30.3 Å². The van der Waals surface area contributed by atoms with E-state index in [0.717, 1.165) is 10.8 Å². The number of nitrogens with zero attached hydrogens (tertiary/aromatic N) is 4. The van der Waals surface area contributed by atoms with Gasteiger partial charge in [-0.2, -0.15) is 0 Å². The number of hydrogen-bond donors (Lipinski definition) is 1. The van der Waals surface area contributed by atoms with E-state index in [9.17, 15) is 18.3 Å². The molecular formula is C21H20N4O4S. The van der Waals surface area contributed by atoms with E-state index < -0.39 is 15.9 Å². The molecular weight excluding hydrogens is 404 g/mol. The lowest BCUT2D eigenvalue weighted by Gasteiger charge is -2.11. The van der Waals surface area contributed by atoms with Gasteiger partial charge >= 0.3 is 5.69 Å². The molecule has 0 bridgehead atoms. The van der Waals surface area contributed by atoms with Crippen LogP contribution >= 0.6 is 0 Å². The fourth-order valence-electron chi connectivity index (χ4n) is 4.34. The molecule has 1 saturated heterocycles. The van der Waals surface area contributed by atoms with Crippen LogP contribution in [0.1, 0.15) is 23.7 Å². The zero-order valence-corrected chi connectivity index (χ0v) is 16.9. The van der Waals surface area contributed by atoms with Crippen LogP contribution in [0.25, 0.3) is 21.8 Å². The highest BCUT2D eigenvalue weighted by Gasteiger charge is 2.32. The van der Waals surface area contributed by atoms with Crippen LogP contribution in [0, 0.1) is 0 Å². The van der Waals surface area contributed by atoms with Crippen LogP contribution < -0.4 is 5.69 Å². The van der Waals surface area contributed by atoms with E-state index in [1.54, 1.807) is 33.8 Å². The van der Waals surface area contributed by atoms with Crippen LogP contribution in [0.3, 0.4) is 0 Å². The number of aliphatic hydroxyl groups is 1. The molecule has 0 saturated carbocycles. The highest BCUT2D eigenvalue weighted by Crippen LogP contribution is 2.27. The summed E-state index contributed by atoms with van der Waals surface area (Å²) in [6.07, 6.45) is 5.35. The van der Waals surface area contributed by atoms with Crippen molar-refractivity contribution in [3.05, 3.63) is 70.7 Å².